The van der Waals surface area contributed by atoms with Crippen molar-refractivity contribution in [2.45, 2.75) is 26.2 Å². The number of nitrogens with zero attached hydrogens (tertiary/aromatic N) is 1. The third-order valence-corrected chi connectivity index (χ3v) is 5.49. The third-order valence-electron chi connectivity index (χ3n) is 5.26. The standard InChI is InChI=1S/C24H22ClN3O4/c1-14-21-18(27-28-23(29)17-9-3-4-11-19(17)31-2)10-6-12-20(21)32-22(14)24(30)26-16-8-5-7-15(25)13-16/h3-5,7-9,11,13H,6,10,12H2,1-2H3,(H,26,30)(H,28,29)/b27-18+. The second-order valence-electron chi connectivity index (χ2n) is 7.37. The van der Waals surface area contributed by atoms with Gasteiger partial charge in [-0.3, -0.25) is 9.59 Å². The molecule has 0 bridgehead atoms. The van der Waals surface area contributed by atoms with E-state index in [1.54, 1.807) is 48.5 Å². The van der Waals surface area contributed by atoms with Crippen LogP contribution >= 0.6 is 11.6 Å². The SMILES string of the molecule is COc1ccccc1C(=O)N/N=C1\CCCc2oc(C(=O)Nc3cccc(Cl)c3)c(C)c21. The number of carbonyl (C=O) groups is 2. The summed E-state index contributed by atoms with van der Waals surface area (Å²) in [6, 6.07) is 13.8. The number of benzene rings is 2. The Morgan fingerprint density at radius 3 is 2.69 bits per heavy atom. The molecule has 0 aliphatic heterocycles. The lowest BCUT2D eigenvalue weighted by Crippen LogP contribution is -2.22. The van der Waals surface area contributed by atoms with Crippen molar-refractivity contribution in [2.24, 2.45) is 5.10 Å². The number of hydrogen-bond donors (Lipinski definition) is 2. The van der Waals surface area contributed by atoms with E-state index in [0.717, 1.165) is 12.0 Å². The quantitative estimate of drug-likeness (QED) is 0.535. The van der Waals surface area contributed by atoms with Crippen LogP contribution in [0.3, 0.4) is 0 Å². The molecule has 0 fully saturated rings. The van der Waals surface area contributed by atoms with Gasteiger partial charge in [-0.1, -0.05) is 29.8 Å². The van der Waals surface area contributed by atoms with E-state index >= 15 is 0 Å². The number of rotatable bonds is 5. The van der Waals surface area contributed by atoms with Crippen LogP contribution in [0, 0.1) is 6.92 Å². The Morgan fingerprint density at radius 1 is 1.09 bits per heavy atom. The Morgan fingerprint density at radius 2 is 1.91 bits per heavy atom. The molecule has 2 N–H and O–H groups in total. The van der Waals surface area contributed by atoms with Crippen molar-refractivity contribution in [2.75, 3.05) is 12.4 Å². The maximum Gasteiger partial charge on any atom is 0.291 e. The minimum absolute atomic E-state index is 0.223. The van der Waals surface area contributed by atoms with Gasteiger partial charge in [-0.25, -0.2) is 5.43 Å². The number of ether oxygens (including phenoxy) is 1. The second kappa shape index (κ2) is 9.28. The van der Waals surface area contributed by atoms with Gasteiger partial charge in [0, 0.05) is 28.3 Å². The van der Waals surface area contributed by atoms with Gasteiger partial charge >= 0.3 is 0 Å². The number of furan rings is 1. The van der Waals surface area contributed by atoms with Crippen LogP contribution in [0.15, 0.2) is 58.0 Å². The molecule has 0 saturated heterocycles. The molecule has 8 heteroatoms. The van der Waals surface area contributed by atoms with Gasteiger partial charge in [-0.05, 0) is 50.1 Å². The summed E-state index contributed by atoms with van der Waals surface area (Å²) in [6.07, 6.45) is 2.16. The van der Waals surface area contributed by atoms with Crippen molar-refractivity contribution in [1.82, 2.24) is 5.43 Å². The lowest BCUT2D eigenvalue weighted by atomic mass is 9.93. The van der Waals surface area contributed by atoms with E-state index in [4.69, 9.17) is 20.8 Å². The van der Waals surface area contributed by atoms with Gasteiger partial charge in [0.2, 0.25) is 0 Å². The van der Waals surface area contributed by atoms with Crippen LogP contribution in [-0.2, 0) is 6.42 Å². The number of halogens is 1. The van der Waals surface area contributed by atoms with Crippen LogP contribution in [0.4, 0.5) is 5.69 Å². The highest BCUT2D eigenvalue weighted by Gasteiger charge is 2.28. The zero-order valence-corrected chi connectivity index (χ0v) is 18.5. The van der Waals surface area contributed by atoms with Crippen molar-refractivity contribution in [3.8, 4) is 5.75 Å². The van der Waals surface area contributed by atoms with Gasteiger partial charge in [0.05, 0.1) is 18.4 Å². The van der Waals surface area contributed by atoms with E-state index < -0.39 is 0 Å². The Kier molecular flexibility index (Phi) is 6.28. The van der Waals surface area contributed by atoms with Crippen LogP contribution in [-0.4, -0.2) is 24.6 Å². The first-order chi connectivity index (χ1) is 15.5. The van der Waals surface area contributed by atoms with Gasteiger partial charge in [0.1, 0.15) is 11.5 Å². The summed E-state index contributed by atoms with van der Waals surface area (Å²) in [6.45, 7) is 1.82. The van der Waals surface area contributed by atoms with E-state index in [-0.39, 0.29) is 17.6 Å². The fraction of sp³-hybridized carbons (Fsp3) is 0.208. The largest absolute Gasteiger partial charge is 0.496 e. The molecule has 1 aliphatic rings. The monoisotopic (exact) mass is 451 g/mol. The summed E-state index contributed by atoms with van der Waals surface area (Å²) < 4.78 is 11.1. The molecule has 7 nitrogen and oxygen atoms in total. The number of aryl methyl sites for hydroxylation is 1. The molecule has 32 heavy (non-hydrogen) atoms. The molecule has 4 rings (SSSR count). The minimum atomic E-state index is -0.373. The average molecular weight is 452 g/mol. The first kappa shape index (κ1) is 21.6. The summed E-state index contributed by atoms with van der Waals surface area (Å²) in [5, 5.41) is 7.69. The van der Waals surface area contributed by atoms with E-state index in [1.807, 2.05) is 6.92 Å². The van der Waals surface area contributed by atoms with Crippen molar-refractivity contribution in [3.63, 3.8) is 0 Å². The molecule has 0 radical (unpaired) electrons. The number of anilines is 1. The van der Waals surface area contributed by atoms with E-state index in [9.17, 15) is 9.59 Å². The number of amides is 2. The highest BCUT2D eigenvalue weighted by atomic mass is 35.5. The molecule has 0 atom stereocenters. The molecule has 1 aromatic heterocycles. The highest BCUT2D eigenvalue weighted by molar-refractivity contribution is 6.31. The molecule has 2 amide bonds. The van der Waals surface area contributed by atoms with Gasteiger partial charge in [-0.2, -0.15) is 5.10 Å². The second-order valence-corrected chi connectivity index (χ2v) is 7.81. The molecule has 0 saturated carbocycles. The molecule has 0 unspecified atom stereocenters. The van der Waals surface area contributed by atoms with Crippen molar-refractivity contribution in [3.05, 3.63) is 81.8 Å². The molecular formula is C24H22ClN3O4. The fourth-order valence-corrected chi connectivity index (χ4v) is 3.95. The van der Waals surface area contributed by atoms with Crippen LogP contribution in [0.5, 0.6) is 5.75 Å². The zero-order valence-electron chi connectivity index (χ0n) is 17.7. The van der Waals surface area contributed by atoms with Crippen LogP contribution < -0.4 is 15.5 Å². The maximum atomic E-state index is 12.8. The number of methoxy groups -OCH3 is 1. The molecule has 3 aromatic rings. The molecule has 1 aliphatic carbocycles. The Labute approximate surface area is 190 Å². The Bertz CT molecular complexity index is 1220. The predicted octanol–water partition coefficient (Wildman–Crippen LogP) is 4.97. The lowest BCUT2D eigenvalue weighted by Gasteiger charge is -2.14. The Hall–Kier alpha value is -3.58. The number of fused-ring (bicyclic) bond motifs is 1. The van der Waals surface area contributed by atoms with Gasteiger partial charge < -0.3 is 14.5 Å². The molecule has 1 heterocycles. The fourth-order valence-electron chi connectivity index (χ4n) is 3.76. The Balaban J connectivity index is 1.58. The zero-order chi connectivity index (χ0) is 22.7. The molecular weight excluding hydrogens is 430 g/mol. The number of hydrogen-bond acceptors (Lipinski definition) is 5. The van der Waals surface area contributed by atoms with Crippen LogP contribution in [0.25, 0.3) is 0 Å². The lowest BCUT2D eigenvalue weighted by molar-refractivity contribution is 0.0950. The first-order valence-electron chi connectivity index (χ1n) is 10.2. The smallest absolute Gasteiger partial charge is 0.291 e. The molecule has 0 spiro atoms. The van der Waals surface area contributed by atoms with Gasteiger partial charge in [0.25, 0.3) is 11.8 Å². The third kappa shape index (κ3) is 4.38. The number of hydrazone groups is 1. The van der Waals surface area contributed by atoms with Gasteiger partial charge in [-0.15, -0.1) is 0 Å². The summed E-state index contributed by atoms with van der Waals surface area (Å²) in [7, 11) is 1.51. The average Bonchev–Trinajstić information content (AvgIpc) is 3.14. The summed E-state index contributed by atoms with van der Waals surface area (Å²) in [5.74, 6) is 0.642. The maximum absolute atomic E-state index is 12.8. The van der Waals surface area contributed by atoms with Crippen LogP contribution in [0.1, 0.15) is 50.6 Å². The normalized spacial score (nSPS) is 14.0. The molecule has 164 valence electrons. The van der Waals surface area contributed by atoms with E-state index in [2.05, 4.69) is 15.8 Å². The molecule has 2 aromatic carbocycles. The predicted molar refractivity (Wildman–Crippen MR) is 123 cm³/mol. The first-order valence-corrected chi connectivity index (χ1v) is 10.5. The number of para-hydroxylation sites is 1. The van der Waals surface area contributed by atoms with E-state index in [1.165, 1.54) is 7.11 Å². The van der Waals surface area contributed by atoms with E-state index in [0.29, 0.717) is 51.9 Å². The topological polar surface area (TPSA) is 92.9 Å². The van der Waals surface area contributed by atoms with Crippen LogP contribution in [0.2, 0.25) is 5.02 Å². The van der Waals surface area contributed by atoms with Crippen molar-refractivity contribution < 1.29 is 18.7 Å². The number of nitrogens with one attached hydrogen (secondary N) is 2. The number of carbonyl (C=O) groups excluding carboxylic acids is 2. The summed E-state index contributed by atoms with van der Waals surface area (Å²) in [4.78, 5) is 25.4. The summed E-state index contributed by atoms with van der Waals surface area (Å²) in [5.41, 5.74) is 5.71. The van der Waals surface area contributed by atoms with Gasteiger partial charge in [0.15, 0.2) is 5.76 Å². The highest BCUT2D eigenvalue weighted by Crippen LogP contribution is 2.30. The van der Waals surface area contributed by atoms with Crippen molar-refractivity contribution in [1.29, 1.82) is 0 Å². The minimum Gasteiger partial charge on any atom is -0.496 e. The summed E-state index contributed by atoms with van der Waals surface area (Å²) >= 11 is 6.00. The van der Waals surface area contributed by atoms with Crippen molar-refractivity contribution >= 4 is 34.8 Å².